The van der Waals surface area contributed by atoms with E-state index >= 15 is 0 Å². The van der Waals surface area contributed by atoms with Crippen molar-refractivity contribution in [1.82, 2.24) is 4.90 Å². The lowest BCUT2D eigenvalue weighted by molar-refractivity contribution is -0.534. The Morgan fingerprint density at radius 1 is 1.23 bits per heavy atom. The summed E-state index contributed by atoms with van der Waals surface area (Å²) in [5, 5.41) is 24.9. The maximum absolute atomic E-state index is 13.4. The molecular weight excluding hydrogens is 512 g/mol. The summed E-state index contributed by atoms with van der Waals surface area (Å²) in [5.41, 5.74) is 1.63. The predicted octanol–water partition coefficient (Wildman–Crippen LogP) is 4.42. The molecule has 0 aliphatic carbocycles. The first kappa shape index (κ1) is 23.0. The van der Waals surface area contributed by atoms with Crippen LogP contribution in [0.3, 0.4) is 0 Å². The highest BCUT2D eigenvalue weighted by molar-refractivity contribution is 9.10. The number of fused-ring (bicyclic) bond motifs is 2. The molecule has 0 unspecified atom stereocenters. The van der Waals surface area contributed by atoms with Gasteiger partial charge in [-0.3, -0.25) is 19.8 Å². The Morgan fingerprint density at radius 3 is 2.74 bits per heavy atom. The Labute approximate surface area is 210 Å². The van der Waals surface area contributed by atoms with Crippen LogP contribution >= 0.6 is 15.9 Å². The van der Waals surface area contributed by atoms with E-state index in [0.29, 0.717) is 28.1 Å². The van der Waals surface area contributed by atoms with Gasteiger partial charge in [0.05, 0.1) is 17.6 Å². The van der Waals surface area contributed by atoms with Crippen LogP contribution in [0.15, 0.2) is 71.2 Å². The number of anilines is 1. The highest BCUT2D eigenvalue weighted by Crippen LogP contribution is 2.53. The molecule has 0 bridgehead atoms. The summed E-state index contributed by atoms with van der Waals surface area (Å²) in [5.74, 6) is -0.536. The number of likely N-dealkylation sites (tertiary alicyclic amines) is 1. The van der Waals surface area contributed by atoms with Gasteiger partial charge in [0.1, 0.15) is 12.4 Å². The van der Waals surface area contributed by atoms with Crippen LogP contribution in [0.5, 0.6) is 5.75 Å². The zero-order valence-corrected chi connectivity index (χ0v) is 20.4. The van der Waals surface area contributed by atoms with Crippen molar-refractivity contribution >= 4 is 27.5 Å². The summed E-state index contributed by atoms with van der Waals surface area (Å²) in [7, 11) is 1.75. The molecule has 0 saturated carbocycles. The van der Waals surface area contributed by atoms with E-state index in [1.807, 2.05) is 24.3 Å². The molecule has 0 aromatic heterocycles. The highest BCUT2D eigenvalue weighted by atomic mass is 79.9. The van der Waals surface area contributed by atoms with E-state index in [1.54, 1.807) is 54.4 Å². The number of halogens is 1. The summed E-state index contributed by atoms with van der Waals surface area (Å²) in [6.07, 6.45) is 0. The number of nitrogens with one attached hydrogen (secondary N) is 1. The van der Waals surface area contributed by atoms with Gasteiger partial charge in [0.25, 0.3) is 11.9 Å². The number of para-hydroxylation sites is 1. The molecule has 2 aliphatic rings. The number of ether oxygens (including phenoxy) is 1. The molecule has 3 atom stereocenters. The van der Waals surface area contributed by atoms with E-state index in [1.165, 1.54) is 0 Å². The van der Waals surface area contributed by atoms with Crippen LogP contribution in [0, 0.1) is 21.4 Å². The number of benzene rings is 3. The van der Waals surface area contributed by atoms with Crippen LogP contribution in [0.1, 0.15) is 28.2 Å². The Bertz CT molecular complexity index is 1390. The normalized spacial score (nSPS) is 23.1. The lowest BCUT2D eigenvalue weighted by Gasteiger charge is -2.30. The topological polar surface area (TPSA) is 108 Å². The smallest absolute Gasteiger partial charge is 0.256 e. The number of carbonyl (C=O) groups excluding carboxylic acids is 1. The number of nitro groups is 1. The van der Waals surface area contributed by atoms with Crippen molar-refractivity contribution in [3.63, 3.8) is 0 Å². The molecular formula is C26H21BrN4O4. The van der Waals surface area contributed by atoms with E-state index in [2.05, 4.69) is 27.3 Å². The van der Waals surface area contributed by atoms with E-state index in [-0.39, 0.29) is 18.1 Å². The zero-order chi connectivity index (χ0) is 24.7. The van der Waals surface area contributed by atoms with E-state index in [0.717, 1.165) is 10.0 Å². The first-order chi connectivity index (χ1) is 16.9. The maximum Gasteiger partial charge on any atom is 0.256 e. The molecule has 176 valence electrons. The van der Waals surface area contributed by atoms with Gasteiger partial charge in [0.2, 0.25) is 0 Å². The first-order valence-corrected chi connectivity index (χ1v) is 11.8. The molecule has 1 spiro atoms. The zero-order valence-electron chi connectivity index (χ0n) is 18.8. The molecule has 3 aromatic rings. The molecule has 2 heterocycles. The monoisotopic (exact) mass is 532 g/mol. The summed E-state index contributed by atoms with van der Waals surface area (Å²) in [6.45, 7) is 0.424. The third kappa shape index (κ3) is 3.57. The van der Waals surface area contributed by atoms with E-state index in [4.69, 9.17) is 4.74 Å². The van der Waals surface area contributed by atoms with Gasteiger partial charge in [-0.05, 0) is 37.4 Å². The molecule has 0 radical (unpaired) electrons. The molecule has 1 saturated heterocycles. The molecule has 8 nitrogen and oxygen atoms in total. The first-order valence-electron chi connectivity index (χ1n) is 11.0. The van der Waals surface area contributed by atoms with Crippen molar-refractivity contribution < 1.29 is 14.5 Å². The second-order valence-corrected chi connectivity index (χ2v) is 9.64. The van der Waals surface area contributed by atoms with Crippen molar-refractivity contribution in [2.45, 2.75) is 24.1 Å². The summed E-state index contributed by atoms with van der Waals surface area (Å²) in [4.78, 5) is 27.4. The number of amides is 1. The number of carbonyl (C=O) groups is 1. The second-order valence-electron chi connectivity index (χ2n) is 8.72. The summed E-state index contributed by atoms with van der Waals surface area (Å²) in [6, 6.07) is 20.6. The average molecular weight is 533 g/mol. The number of hydrogen-bond acceptors (Lipinski definition) is 6. The minimum atomic E-state index is -1.43. The van der Waals surface area contributed by atoms with Crippen molar-refractivity contribution in [2.24, 2.45) is 0 Å². The van der Waals surface area contributed by atoms with Gasteiger partial charge in [0, 0.05) is 38.3 Å². The highest BCUT2D eigenvalue weighted by Gasteiger charge is 2.68. The van der Waals surface area contributed by atoms with Crippen LogP contribution in [0.4, 0.5) is 5.69 Å². The number of nitriles is 1. The van der Waals surface area contributed by atoms with Crippen molar-refractivity contribution in [1.29, 1.82) is 5.26 Å². The van der Waals surface area contributed by atoms with Crippen molar-refractivity contribution in [3.8, 4) is 11.8 Å². The Morgan fingerprint density at radius 2 is 1.97 bits per heavy atom. The Hall–Kier alpha value is -3.74. The van der Waals surface area contributed by atoms with Gasteiger partial charge >= 0.3 is 0 Å². The SMILES string of the molecule is CN1C[C@H](c2cc(Br)ccc2OCc2ccccc2C#N)[C@H]([N+](=O)[O-])[C@]12C(=O)Nc1ccccc12. The van der Waals surface area contributed by atoms with Gasteiger partial charge in [-0.1, -0.05) is 52.3 Å². The molecule has 1 fully saturated rings. The standard InChI is InChI=1S/C26H21BrN4O4/c1-30-14-20(24(31(33)34)26(30)21-8-4-5-9-22(21)29-25(26)32)19-12-18(27)10-11-23(19)35-15-17-7-3-2-6-16(17)13-28/h2-12,20,24H,14-15H2,1H3,(H,29,32)/t20-,24+,26-/m1/s1. The van der Waals surface area contributed by atoms with Gasteiger partial charge in [-0.15, -0.1) is 0 Å². The molecule has 5 rings (SSSR count). The molecule has 2 aliphatic heterocycles. The van der Waals surface area contributed by atoms with E-state index < -0.39 is 23.4 Å². The lowest BCUT2D eigenvalue weighted by atomic mass is 9.79. The number of hydrogen-bond donors (Lipinski definition) is 1. The fourth-order valence-corrected chi connectivity index (χ4v) is 5.79. The molecule has 9 heteroatoms. The Balaban J connectivity index is 1.58. The number of nitrogens with zero attached hydrogens (tertiary/aromatic N) is 3. The van der Waals surface area contributed by atoms with Gasteiger partial charge in [-0.2, -0.15) is 5.26 Å². The summed E-state index contributed by atoms with van der Waals surface area (Å²) >= 11 is 3.49. The van der Waals surface area contributed by atoms with Gasteiger partial charge in [-0.25, -0.2) is 0 Å². The molecule has 1 amide bonds. The lowest BCUT2D eigenvalue weighted by Crippen LogP contribution is -2.54. The Kier molecular flexibility index (Phi) is 5.79. The van der Waals surface area contributed by atoms with Crippen molar-refractivity contribution in [2.75, 3.05) is 18.9 Å². The summed E-state index contributed by atoms with van der Waals surface area (Å²) < 4.78 is 6.88. The molecule has 1 N–H and O–H groups in total. The molecule has 3 aromatic carbocycles. The minimum absolute atomic E-state index is 0.137. The maximum atomic E-state index is 13.4. The van der Waals surface area contributed by atoms with Crippen molar-refractivity contribution in [3.05, 3.63) is 104 Å². The average Bonchev–Trinajstić information content (AvgIpc) is 3.33. The minimum Gasteiger partial charge on any atom is -0.489 e. The number of rotatable bonds is 5. The van der Waals surface area contributed by atoms with Gasteiger partial charge < -0.3 is 10.1 Å². The predicted molar refractivity (Wildman–Crippen MR) is 133 cm³/mol. The van der Waals surface area contributed by atoms with Gasteiger partial charge in [0.15, 0.2) is 5.54 Å². The third-order valence-corrected chi connectivity index (χ3v) is 7.43. The fourth-order valence-electron chi connectivity index (χ4n) is 5.41. The van der Waals surface area contributed by atoms with Crippen LogP contribution in [-0.2, 0) is 16.9 Å². The number of likely N-dealkylation sites (N-methyl/N-ethyl adjacent to an activating group) is 1. The third-order valence-electron chi connectivity index (χ3n) is 6.93. The van der Waals surface area contributed by atoms with E-state index in [9.17, 15) is 20.2 Å². The largest absolute Gasteiger partial charge is 0.489 e. The molecule has 35 heavy (non-hydrogen) atoms. The second kappa shape index (κ2) is 8.80. The van der Waals surface area contributed by atoms with Crippen LogP contribution in [0.2, 0.25) is 0 Å². The van der Waals surface area contributed by atoms with Crippen LogP contribution in [-0.4, -0.2) is 35.4 Å². The quantitative estimate of drug-likeness (QED) is 0.384. The van der Waals surface area contributed by atoms with Crippen LogP contribution in [0.25, 0.3) is 0 Å². The van der Waals surface area contributed by atoms with Crippen LogP contribution < -0.4 is 10.1 Å². The fraction of sp³-hybridized carbons (Fsp3) is 0.231.